The summed E-state index contributed by atoms with van der Waals surface area (Å²) in [5.41, 5.74) is 0.932. The molecule has 0 radical (unpaired) electrons. The number of fused-ring (bicyclic) bond motifs is 1. The van der Waals surface area contributed by atoms with E-state index in [-0.39, 0.29) is 0 Å². The van der Waals surface area contributed by atoms with Gasteiger partial charge in [-0.1, -0.05) is 19.1 Å². The number of nitrogens with one attached hydrogen (secondary N) is 1. The minimum Gasteiger partial charge on any atom is -0.477 e. The van der Waals surface area contributed by atoms with Crippen molar-refractivity contribution in [1.82, 2.24) is 9.97 Å². The van der Waals surface area contributed by atoms with E-state index in [1.54, 1.807) is 0 Å². The van der Waals surface area contributed by atoms with Gasteiger partial charge < -0.3 is 10.1 Å². The fourth-order valence-electron chi connectivity index (χ4n) is 1.95. The van der Waals surface area contributed by atoms with Crippen LogP contribution in [0.4, 0.5) is 5.95 Å². The molecule has 0 atom stereocenters. The SMILES string of the molecule is CCCNc1nc(OCC2CC2)c2ccccc2n1. The first-order valence-corrected chi connectivity index (χ1v) is 7.00. The van der Waals surface area contributed by atoms with Crippen molar-refractivity contribution in [2.24, 2.45) is 5.92 Å². The van der Waals surface area contributed by atoms with E-state index in [9.17, 15) is 0 Å². The van der Waals surface area contributed by atoms with Crippen molar-refractivity contribution in [3.8, 4) is 5.88 Å². The Hall–Kier alpha value is -1.84. The number of hydrogen-bond acceptors (Lipinski definition) is 4. The molecule has 1 aliphatic carbocycles. The molecule has 0 spiro atoms. The van der Waals surface area contributed by atoms with Crippen LogP contribution in [0.15, 0.2) is 24.3 Å². The van der Waals surface area contributed by atoms with E-state index in [0.29, 0.717) is 11.8 Å². The van der Waals surface area contributed by atoms with Gasteiger partial charge in [0.15, 0.2) is 0 Å². The van der Waals surface area contributed by atoms with Crippen LogP contribution in [0.5, 0.6) is 5.88 Å². The maximum absolute atomic E-state index is 5.87. The third-order valence-corrected chi connectivity index (χ3v) is 3.25. The number of ether oxygens (including phenoxy) is 1. The Morgan fingerprint density at radius 2 is 2.11 bits per heavy atom. The van der Waals surface area contributed by atoms with Crippen molar-refractivity contribution in [3.05, 3.63) is 24.3 Å². The lowest BCUT2D eigenvalue weighted by atomic mass is 10.2. The zero-order chi connectivity index (χ0) is 13.1. The Morgan fingerprint density at radius 1 is 1.26 bits per heavy atom. The number of para-hydroxylation sites is 1. The van der Waals surface area contributed by atoms with Crippen LogP contribution in [0.25, 0.3) is 10.9 Å². The summed E-state index contributed by atoms with van der Waals surface area (Å²) in [4.78, 5) is 9.01. The quantitative estimate of drug-likeness (QED) is 0.863. The van der Waals surface area contributed by atoms with Gasteiger partial charge in [0.1, 0.15) is 0 Å². The molecule has 1 aliphatic rings. The Balaban J connectivity index is 1.90. The summed E-state index contributed by atoms with van der Waals surface area (Å²) in [6, 6.07) is 8.00. The molecular formula is C15H19N3O. The molecule has 0 unspecified atom stereocenters. The fourth-order valence-corrected chi connectivity index (χ4v) is 1.95. The molecule has 2 aromatic rings. The van der Waals surface area contributed by atoms with Gasteiger partial charge >= 0.3 is 0 Å². The highest BCUT2D eigenvalue weighted by Crippen LogP contribution is 2.31. The highest BCUT2D eigenvalue weighted by Gasteiger charge is 2.22. The normalized spacial score (nSPS) is 14.6. The van der Waals surface area contributed by atoms with Gasteiger partial charge in [0.25, 0.3) is 0 Å². The lowest BCUT2D eigenvalue weighted by Crippen LogP contribution is -2.07. The fraction of sp³-hybridized carbons (Fsp3) is 0.467. The second kappa shape index (κ2) is 5.43. The van der Waals surface area contributed by atoms with Gasteiger partial charge in [0, 0.05) is 6.54 Å². The zero-order valence-electron chi connectivity index (χ0n) is 11.2. The first-order valence-electron chi connectivity index (χ1n) is 7.00. The summed E-state index contributed by atoms with van der Waals surface area (Å²) < 4.78 is 5.87. The van der Waals surface area contributed by atoms with Crippen molar-refractivity contribution in [1.29, 1.82) is 0 Å². The van der Waals surface area contributed by atoms with Crippen LogP contribution in [0.3, 0.4) is 0 Å². The summed E-state index contributed by atoms with van der Waals surface area (Å²) in [6.45, 7) is 3.77. The molecule has 3 rings (SSSR count). The number of rotatable bonds is 6. The van der Waals surface area contributed by atoms with E-state index >= 15 is 0 Å². The number of hydrogen-bond donors (Lipinski definition) is 1. The molecule has 1 N–H and O–H groups in total. The molecule has 0 amide bonds. The Labute approximate surface area is 113 Å². The van der Waals surface area contributed by atoms with E-state index in [4.69, 9.17) is 4.74 Å². The average molecular weight is 257 g/mol. The van der Waals surface area contributed by atoms with E-state index < -0.39 is 0 Å². The third kappa shape index (κ3) is 2.95. The van der Waals surface area contributed by atoms with Gasteiger partial charge in [0.2, 0.25) is 11.8 Å². The Kier molecular flexibility index (Phi) is 3.49. The zero-order valence-corrected chi connectivity index (χ0v) is 11.2. The second-order valence-corrected chi connectivity index (χ2v) is 5.05. The van der Waals surface area contributed by atoms with Crippen LogP contribution in [0.2, 0.25) is 0 Å². The van der Waals surface area contributed by atoms with E-state index in [1.165, 1.54) is 12.8 Å². The number of benzene rings is 1. The van der Waals surface area contributed by atoms with Crippen LogP contribution < -0.4 is 10.1 Å². The minimum absolute atomic E-state index is 0.659. The van der Waals surface area contributed by atoms with Gasteiger partial charge in [-0.25, -0.2) is 4.98 Å². The smallest absolute Gasteiger partial charge is 0.226 e. The predicted molar refractivity (Wildman–Crippen MR) is 76.5 cm³/mol. The molecule has 1 aromatic heterocycles. The van der Waals surface area contributed by atoms with Gasteiger partial charge in [-0.2, -0.15) is 4.98 Å². The van der Waals surface area contributed by atoms with Crippen molar-refractivity contribution in [2.75, 3.05) is 18.5 Å². The lowest BCUT2D eigenvalue weighted by Gasteiger charge is -2.10. The topological polar surface area (TPSA) is 47.0 Å². The molecule has 0 aliphatic heterocycles. The highest BCUT2D eigenvalue weighted by atomic mass is 16.5. The van der Waals surface area contributed by atoms with Crippen LogP contribution in [0, 0.1) is 5.92 Å². The van der Waals surface area contributed by atoms with Crippen LogP contribution in [-0.2, 0) is 0 Å². The largest absolute Gasteiger partial charge is 0.477 e. The maximum atomic E-state index is 5.87. The second-order valence-electron chi connectivity index (χ2n) is 5.05. The lowest BCUT2D eigenvalue weighted by molar-refractivity contribution is 0.292. The van der Waals surface area contributed by atoms with E-state index in [2.05, 4.69) is 22.2 Å². The number of anilines is 1. The summed E-state index contributed by atoms with van der Waals surface area (Å²) in [6.07, 6.45) is 3.61. The third-order valence-electron chi connectivity index (χ3n) is 3.25. The summed E-state index contributed by atoms with van der Waals surface area (Å²) >= 11 is 0. The van der Waals surface area contributed by atoms with Crippen molar-refractivity contribution in [2.45, 2.75) is 26.2 Å². The molecule has 1 heterocycles. The van der Waals surface area contributed by atoms with Crippen molar-refractivity contribution >= 4 is 16.9 Å². The number of nitrogens with zero attached hydrogens (tertiary/aromatic N) is 2. The molecule has 0 saturated heterocycles. The van der Waals surface area contributed by atoms with E-state index in [1.807, 2.05) is 24.3 Å². The van der Waals surface area contributed by atoms with Crippen molar-refractivity contribution < 1.29 is 4.74 Å². The molecule has 1 aromatic carbocycles. The Morgan fingerprint density at radius 3 is 2.89 bits per heavy atom. The molecular weight excluding hydrogens is 238 g/mol. The molecule has 4 heteroatoms. The minimum atomic E-state index is 0.659. The molecule has 4 nitrogen and oxygen atoms in total. The predicted octanol–water partition coefficient (Wildman–Crippen LogP) is 3.24. The van der Waals surface area contributed by atoms with Crippen LogP contribution >= 0.6 is 0 Å². The van der Waals surface area contributed by atoms with Crippen LogP contribution in [0.1, 0.15) is 26.2 Å². The molecule has 100 valence electrons. The van der Waals surface area contributed by atoms with Gasteiger partial charge in [-0.05, 0) is 37.3 Å². The molecule has 0 bridgehead atoms. The standard InChI is InChI=1S/C15H19N3O/c1-2-9-16-15-17-13-6-4-3-5-12(13)14(18-15)19-10-11-7-8-11/h3-6,11H,2,7-10H2,1H3,(H,16,17,18). The Bertz CT molecular complexity index is 566. The monoisotopic (exact) mass is 257 g/mol. The first-order chi connectivity index (χ1) is 9.36. The maximum Gasteiger partial charge on any atom is 0.226 e. The van der Waals surface area contributed by atoms with Crippen molar-refractivity contribution in [3.63, 3.8) is 0 Å². The summed E-state index contributed by atoms with van der Waals surface area (Å²) in [5.74, 6) is 2.09. The summed E-state index contributed by atoms with van der Waals surface area (Å²) in [7, 11) is 0. The van der Waals surface area contributed by atoms with Crippen LogP contribution in [-0.4, -0.2) is 23.1 Å². The van der Waals surface area contributed by atoms with E-state index in [0.717, 1.165) is 36.4 Å². The highest BCUT2D eigenvalue weighted by molar-refractivity contribution is 5.84. The van der Waals surface area contributed by atoms with Gasteiger partial charge in [0.05, 0.1) is 17.5 Å². The summed E-state index contributed by atoms with van der Waals surface area (Å²) in [5, 5.41) is 4.22. The average Bonchev–Trinajstić information content (AvgIpc) is 3.26. The molecule has 1 saturated carbocycles. The number of aromatic nitrogens is 2. The first kappa shape index (κ1) is 12.2. The van der Waals surface area contributed by atoms with Gasteiger partial charge in [-0.15, -0.1) is 0 Å². The van der Waals surface area contributed by atoms with Gasteiger partial charge in [-0.3, -0.25) is 0 Å². The molecule has 1 fully saturated rings. The molecule has 19 heavy (non-hydrogen) atoms.